The number of hydrogen-bond acceptors (Lipinski definition) is 7. The van der Waals surface area contributed by atoms with Crippen LogP contribution in [0.3, 0.4) is 0 Å². The number of ether oxygens (including phenoxy) is 3. The standard InChI is InChI=1S/C38H50N4O5.2ClH/c1-29-14-19-33(36(27-29)47-25-9-5-6-13-37(43)42-23-21-40(2)22-24-42)41(3)38(44)32-18-17-31(35(28-32)45-4)16-15-30-11-7-8-12-34(30)46-26-10-20-39;;/h7-8,11-12,14-19,27-28H,5-6,9-10,13,20-26,39H2,1-4H3;2*1H/b16-15+;;. The number of amides is 2. The van der Waals surface area contributed by atoms with Crippen molar-refractivity contribution >= 4 is 54.5 Å². The molecule has 1 aliphatic heterocycles. The van der Waals surface area contributed by atoms with Gasteiger partial charge in [0.2, 0.25) is 5.91 Å². The van der Waals surface area contributed by atoms with Crippen LogP contribution >= 0.6 is 24.8 Å². The van der Waals surface area contributed by atoms with E-state index in [0.29, 0.717) is 48.9 Å². The van der Waals surface area contributed by atoms with Crippen LogP contribution in [0, 0.1) is 6.92 Å². The van der Waals surface area contributed by atoms with E-state index in [1.807, 2.05) is 78.6 Å². The zero-order valence-corrected chi connectivity index (χ0v) is 30.8. The van der Waals surface area contributed by atoms with Crippen LogP contribution in [-0.2, 0) is 4.79 Å². The normalized spacial score (nSPS) is 13.0. The maximum absolute atomic E-state index is 13.7. The smallest absolute Gasteiger partial charge is 0.258 e. The van der Waals surface area contributed by atoms with Gasteiger partial charge in [0.25, 0.3) is 5.91 Å². The van der Waals surface area contributed by atoms with Gasteiger partial charge in [0.1, 0.15) is 17.2 Å². The molecule has 0 spiro atoms. The molecule has 268 valence electrons. The molecule has 9 nitrogen and oxygen atoms in total. The number of carbonyl (C=O) groups is 2. The molecule has 0 saturated carbocycles. The molecule has 0 atom stereocenters. The van der Waals surface area contributed by atoms with Crippen molar-refractivity contribution in [3.63, 3.8) is 0 Å². The van der Waals surface area contributed by atoms with Crippen LogP contribution < -0.4 is 24.8 Å². The Morgan fingerprint density at radius 1 is 0.816 bits per heavy atom. The van der Waals surface area contributed by atoms with Gasteiger partial charge in [0.15, 0.2) is 0 Å². The van der Waals surface area contributed by atoms with E-state index in [9.17, 15) is 9.59 Å². The maximum Gasteiger partial charge on any atom is 0.258 e. The van der Waals surface area contributed by atoms with Crippen LogP contribution in [0.5, 0.6) is 17.2 Å². The van der Waals surface area contributed by atoms with E-state index in [1.54, 1.807) is 25.1 Å². The fourth-order valence-corrected chi connectivity index (χ4v) is 5.44. The highest BCUT2D eigenvalue weighted by molar-refractivity contribution is 6.07. The maximum atomic E-state index is 13.7. The average Bonchev–Trinajstić information content (AvgIpc) is 3.09. The largest absolute Gasteiger partial charge is 0.496 e. The molecule has 2 amide bonds. The van der Waals surface area contributed by atoms with Crippen molar-refractivity contribution in [2.45, 2.75) is 39.0 Å². The van der Waals surface area contributed by atoms with Gasteiger partial charge in [-0.1, -0.05) is 42.5 Å². The van der Waals surface area contributed by atoms with Gasteiger partial charge < -0.3 is 34.6 Å². The molecule has 0 bridgehead atoms. The first kappa shape index (κ1) is 41.4. The van der Waals surface area contributed by atoms with E-state index in [4.69, 9.17) is 19.9 Å². The Labute approximate surface area is 304 Å². The Morgan fingerprint density at radius 2 is 1.49 bits per heavy atom. The first-order chi connectivity index (χ1) is 22.8. The second-order valence-corrected chi connectivity index (χ2v) is 12.0. The summed E-state index contributed by atoms with van der Waals surface area (Å²) in [5.41, 5.74) is 9.63. The van der Waals surface area contributed by atoms with Crippen LogP contribution in [0.2, 0.25) is 0 Å². The molecule has 0 radical (unpaired) electrons. The van der Waals surface area contributed by atoms with Crippen LogP contribution in [0.1, 0.15) is 59.2 Å². The lowest BCUT2D eigenvalue weighted by molar-refractivity contribution is -0.132. The van der Waals surface area contributed by atoms with Crippen molar-refractivity contribution in [1.29, 1.82) is 0 Å². The van der Waals surface area contributed by atoms with Crippen molar-refractivity contribution in [1.82, 2.24) is 9.80 Å². The minimum Gasteiger partial charge on any atom is -0.496 e. The van der Waals surface area contributed by atoms with E-state index >= 15 is 0 Å². The highest BCUT2D eigenvalue weighted by atomic mass is 35.5. The van der Waals surface area contributed by atoms with Crippen LogP contribution in [0.4, 0.5) is 5.69 Å². The molecule has 1 heterocycles. The Hall–Kier alpha value is -3.76. The zero-order valence-electron chi connectivity index (χ0n) is 29.2. The minimum atomic E-state index is -0.173. The lowest BCUT2D eigenvalue weighted by Gasteiger charge is -2.32. The quantitative estimate of drug-likeness (QED) is 0.130. The van der Waals surface area contributed by atoms with Crippen molar-refractivity contribution in [2.75, 3.05) is 72.0 Å². The number of likely N-dealkylation sites (N-methyl/N-ethyl adjacent to an activating group) is 1. The fraction of sp³-hybridized carbons (Fsp3) is 0.421. The molecule has 0 aromatic heterocycles. The average molecular weight is 716 g/mol. The number of nitrogens with zero attached hydrogens (tertiary/aromatic N) is 3. The second-order valence-electron chi connectivity index (χ2n) is 12.0. The van der Waals surface area contributed by atoms with Gasteiger partial charge in [0, 0.05) is 56.3 Å². The van der Waals surface area contributed by atoms with E-state index in [2.05, 4.69) is 11.9 Å². The number of halogens is 2. The van der Waals surface area contributed by atoms with Crippen molar-refractivity contribution < 1.29 is 23.8 Å². The number of carbonyl (C=O) groups excluding carboxylic acids is 2. The molecule has 1 fully saturated rings. The van der Waals surface area contributed by atoms with Gasteiger partial charge in [-0.15, -0.1) is 24.8 Å². The molecule has 49 heavy (non-hydrogen) atoms. The summed E-state index contributed by atoms with van der Waals surface area (Å²) >= 11 is 0. The summed E-state index contributed by atoms with van der Waals surface area (Å²) in [4.78, 5) is 32.0. The summed E-state index contributed by atoms with van der Waals surface area (Å²) in [6.07, 6.45) is 7.87. The van der Waals surface area contributed by atoms with Crippen LogP contribution in [-0.4, -0.2) is 88.8 Å². The molecule has 11 heteroatoms. The van der Waals surface area contributed by atoms with Crippen molar-refractivity contribution in [2.24, 2.45) is 5.73 Å². The number of hydrogen-bond donors (Lipinski definition) is 1. The Morgan fingerprint density at radius 3 is 2.20 bits per heavy atom. The summed E-state index contributed by atoms with van der Waals surface area (Å²) in [6.45, 7) is 7.16. The number of nitrogens with two attached hydrogens (primary N) is 1. The third-order valence-electron chi connectivity index (χ3n) is 8.38. The van der Waals surface area contributed by atoms with Crippen LogP contribution in [0.25, 0.3) is 12.2 Å². The monoisotopic (exact) mass is 714 g/mol. The first-order valence-corrected chi connectivity index (χ1v) is 16.6. The van der Waals surface area contributed by atoms with E-state index in [0.717, 1.165) is 74.3 Å². The number of methoxy groups -OCH3 is 1. The number of benzene rings is 3. The fourth-order valence-electron chi connectivity index (χ4n) is 5.44. The molecule has 3 aromatic rings. The predicted molar refractivity (Wildman–Crippen MR) is 204 cm³/mol. The number of unbranched alkanes of at least 4 members (excludes halogenated alkanes) is 2. The van der Waals surface area contributed by atoms with E-state index < -0.39 is 0 Å². The van der Waals surface area contributed by atoms with Gasteiger partial charge in [-0.05, 0) is 82.1 Å². The molecule has 0 unspecified atom stereocenters. The Bertz CT molecular complexity index is 1510. The zero-order chi connectivity index (χ0) is 33.6. The molecule has 0 aliphatic carbocycles. The Kier molecular flexibility index (Phi) is 18.0. The lowest BCUT2D eigenvalue weighted by atomic mass is 10.1. The topological polar surface area (TPSA) is 97.6 Å². The van der Waals surface area contributed by atoms with E-state index in [-0.39, 0.29) is 36.6 Å². The highest BCUT2D eigenvalue weighted by Gasteiger charge is 2.20. The summed E-state index contributed by atoms with van der Waals surface area (Å²) in [5, 5.41) is 0. The van der Waals surface area contributed by atoms with Crippen LogP contribution in [0.15, 0.2) is 60.7 Å². The van der Waals surface area contributed by atoms with Crippen molar-refractivity contribution in [3.8, 4) is 17.2 Å². The van der Waals surface area contributed by atoms with Gasteiger partial charge in [0.05, 0.1) is 26.0 Å². The summed E-state index contributed by atoms with van der Waals surface area (Å²) in [5.74, 6) is 2.11. The lowest BCUT2D eigenvalue weighted by Crippen LogP contribution is -2.47. The summed E-state index contributed by atoms with van der Waals surface area (Å²) < 4.78 is 17.8. The molecular weight excluding hydrogens is 663 g/mol. The molecule has 1 saturated heterocycles. The minimum absolute atomic E-state index is 0. The highest BCUT2D eigenvalue weighted by Crippen LogP contribution is 2.32. The number of para-hydroxylation sites is 1. The van der Waals surface area contributed by atoms with Gasteiger partial charge in [-0.25, -0.2) is 0 Å². The number of piperazine rings is 1. The van der Waals surface area contributed by atoms with E-state index in [1.165, 1.54) is 0 Å². The number of aryl methyl sites for hydroxylation is 1. The summed E-state index contributed by atoms with van der Waals surface area (Å²) in [7, 11) is 5.45. The SMILES string of the molecule is COc1cc(C(=O)N(C)c2ccc(C)cc2OCCCCCC(=O)N2CCN(C)CC2)ccc1/C=C/c1ccccc1OCCCN.Cl.Cl. The van der Waals surface area contributed by atoms with Gasteiger partial charge in [-0.3, -0.25) is 9.59 Å². The molecular formula is C38H52Cl2N4O5. The Balaban J connectivity index is 0.00000417. The third kappa shape index (κ3) is 12.3. The first-order valence-electron chi connectivity index (χ1n) is 16.6. The molecule has 3 aromatic carbocycles. The predicted octanol–water partition coefficient (Wildman–Crippen LogP) is 6.74. The van der Waals surface area contributed by atoms with Gasteiger partial charge in [-0.2, -0.15) is 0 Å². The van der Waals surface area contributed by atoms with Crippen molar-refractivity contribution in [3.05, 3.63) is 82.9 Å². The molecule has 4 rings (SSSR count). The van der Waals surface area contributed by atoms with Gasteiger partial charge >= 0.3 is 0 Å². The third-order valence-corrected chi connectivity index (χ3v) is 8.38. The molecule has 1 aliphatic rings. The molecule has 2 N–H and O–H groups in total. The summed E-state index contributed by atoms with van der Waals surface area (Å²) in [6, 6.07) is 19.1. The number of rotatable bonds is 16. The number of anilines is 1. The second kappa shape index (κ2) is 21.4.